The first-order valence-electron chi connectivity index (χ1n) is 11.4. The number of nitrogens with one attached hydrogen (secondary N) is 1. The number of amides is 2. The molecular weight excluding hydrogens is 452 g/mol. The van der Waals surface area contributed by atoms with Gasteiger partial charge in [-0.15, -0.1) is 0 Å². The third-order valence-electron chi connectivity index (χ3n) is 6.05. The number of anilines is 2. The number of hydrogen-bond donors (Lipinski definition) is 1. The van der Waals surface area contributed by atoms with Crippen LogP contribution in [0.2, 0.25) is 0 Å². The van der Waals surface area contributed by atoms with Crippen LogP contribution in [0.25, 0.3) is 5.65 Å². The number of fused-ring (bicyclic) bond motifs is 2. The highest BCUT2D eigenvalue weighted by atomic mass is 16.6. The fourth-order valence-corrected chi connectivity index (χ4v) is 4.49. The lowest BCUT2D eigenvalue weighted by Crippen LogP contribution is -2.63. The molecule has 2 aliphatic rings. The van der Waals surface area contributed by atoms with E-state index in [1.807, 2.05) is 33.9 Å². The Morgan fingerprint density at radius 2 is 1.91 bits per heavy atom. The first-order valence-corrected chi connectivity index (χ1v) is 11.4. The van der Waals surface area contributed by atoms with Crippen LogP contribution in [0, 0.1) is 6.92 Å². The maximum Gasteiger partial charge on any atom is 0.410 e. The van der Waals surface area contributed by atoms with Gasteiger partial charge in [0, 0.05) is 19.3 Å². The lowest BCUT2D eigenvalue weighted by Gasteiger charge is -2.47. The summed E-state index contributed by atoms with van der Waals surface area (Å²) in [5, 5.41) is 2.73. The van der Waals surface area contributed by atoms with Crippen LogP contribution < -0.4 is 15.0 Å². The second-order valence-electron chi connectivity index (χ2n) is 9.71. The molecule has 184 valence electrons. The number of rotatable bonds is 4. The van der Waals surface area contributed by atoms with Crippen molar-refractivity contribution >= 4 is 29.3 Å². The van der Waals surface area contributed by atoms with Crippen LogP contribution >= 0.6 is 0 Å². The van der Waals surface area contributed by atoms with Crippen molar-refractivity contribution in [1.82, 2.24) is 29.2 Å². The van der Waals surface area contributed by atoms with Crippen LogP contribution in [-0.2, 0) is 4.74 Å². The number of likely N-dealkylation sites (tertiary alicyclic amines) is 1. The highest BCUT2D eigenvalue weighted by Gasteiger charge is 2.50. The summed E-state index contributed by atoms with van der Waals surface area (Å²) in [6.45, 7) is 8.75. The Balaban J connectivity index is 1.24. The van der Waals surface area contributed by atoms with E-state index in [1.165, 1.54) is 13.3 Å². The first-order chi connectivity index (χ1) is 16.6. The van der Waals surface area contributed by atoms with Crippen molar-refractivity contribution in [3.05, 3.63) is 36.2 Å². The van der Waals surface area contributed by atoms with Crippen molar-refractivity contribution in [2.24, 2.45) is 0 Å². The SMILES string of the molecule is COc1nc(NC(=O)c2cnc(N3CC4C3CCN4C(=O)OC(C)(C)C)cn2)cn2cc(C)nc12. The van der Waals surface area contributed by atoms with E-state index in [2.05, 4.69) is 30.2 Å². The predicted molar refractivity (Wildman–Crippen MR) is 127 cm³/mol. The van der Waals surface area contributed by atoms with E-state index in [-0.39, 0.29) is 23.9 Å². The molecule has 2 saturated heterocycles. The van der Waals surface area contributed by atoms with E-state index < -0.39 is 11.5 Å². The van der Waals surface area contributed by atoms with E-state index in [4.69, 9.17) is 9.47 Å². The molecule has 3 aromatic rings. The van der Waals surface area contributed by atoms with Crippen LogP contribution in [0.1, 0.15) is 43.4 Å². The van der Waals surface area contributed by atoms with E-state index in [1.54, 1.807) is 21.7 Å². The summed E-state index contributed by atoms with van der Waals surface area (Å²) in [7, 11) is 1.50. The van der Waals surface area contributed by atoms with Crippen LogP contribution in [0.5, 0.6) is 5.88 Å². The normalized spacial score (nSPS) is 19.3. The zero-order chi connectivity index (χ0) is 24.9. The minimum atomic E-state index is -0.523. The fourth-order valence-electron chi connectivity index (χ4n) is 4.49. The van der Waals surface area contributed by atoms with Crippen molar-refractivity contribution in [3.63, 3.8) is 0 Å². The average molecular weight is 481 g/mol. The largest absolute Gasteiger partial charge is 0.478 e. The van der Waals surface area contributed by atoms with Gasteiger partial charge in [-0.1, -0.05) is 0 Å². The number of aromatic nitrogens is 5. The molecule has 5 heterocycles. The number of imidazole rings is 1. The molecule has 12 heteroatoms. The van der Waals surface area contributed by atoms with Gasteiger partial charge < -0.3 is 24.6 Å². The summed E-state index contributed by atoms with van der Waals surface area (Å²) in [4.78, 5) is 46.5. The molecule has 2 unspecified atom stereocenters. The first kappa shape index (κ1) is 22.8. The minimum Gasteiger partial charge on any atom is -0.478 e. The van der Waals surface area contributed by atoms with Gasteiger partial charge in [-0.2, -0.15) is 4.98 Å². The summed E-state index contributed by atoms with van der Waals surface area (Å²) >= 11 is 0. The molecule has 2 amide bonds. The number of methoxy groups -OCH3 is 1. The van der Waals surface area contributed by atoms with Crippen LogP contribution in [-0.4, -0.2) is 79.1 Å². The summed E-state index contributed by atoms with van der Waals surface area (Å²) in [6.07, 6.45) is 7.05. The van der Waals surface area contributed by atoms with Crippen molar-refractivity contribution in [2.45, 2.75) is 51.8 Å². The van der Waals surface area contributed by atoms with Crippen molar-refractivity contribution in [3.8, 4) is 5.88 Å². The molecular formula is C23H28N8O4. The highest BCUT2D eigenvalue weighted by molar-refractivity contribution is 6.02. The molecule has 0 bridgehead atoms. The highest BCUT2D eigenvalue weighted by Crippen LogP contribution is 2.36. The van der Waals surface area contributed by atoms with Gasteiger partial charge in [-0.05, 0) is 34.1 Å². The average Bonchev–Trinajstić information content (AvgIpc) is 3.31. The molecule has 3 aromatic heterocycles. The minimum absolute atomic E-state index is 0.0948. The quantitative estimate of drug-likeness (QED) is 0.598. The maximum absolute atomic E-state index is 12.7. The van der Waals surface area contributed by atoms with Crippen LogP contribution in [0.3, 0.4) is 0 Å². The molecule has 5 rings (SSSR count). The third kappa shape index (κ3) is 4.31. The van der Waals surface area contributed by atoms with E-state index in [0.717, 1.165) is 12.1 Å². The van der Waals surface area contributed by atoms with E-state index in [0.29, 0.717) is 36.3 Å². The second-order valence-corrected chi connectivity index (χ2v) is 9.71. The van der Waals surface area contributed by atoms with E-state index in [9.17, 15) is 9.59 Å². The zero-order valence-electron chi connectivity index (χ0n) is 20.3. The molecule has 0 saturated carbocycles. The van der Waals surface area contributed by atoms with Gasteiger partial charge in [0.2, 0.25) is 5.65 Å². The van der Waals surface area contributed by atoms with Gasteiger partial charge in [0.1, 0.15) is 17.1 Å². The zero-order valence-corrected chi connectivity index (χ0v) is 20.3. The number of ether oxygens (including phenoxy) is 2. The molecule has 35 heavy (non-hydrogen) atoms. The summed E-state index contributed by atoms with van der Waals surface area (Å²) in [6, 6.07) is 0.260. The monoisotopic (exact) mass is 480 g/mol. The Morgan fingerprint density at radius 3 is 2.60 bits per heavy atom. The number of hydrogen-bond acceptors (Lipinski definition) is 9. The fraction of sp³-hybridized carbons (Fsp3) is 0.478. The third-order valence-corrected chi connectivity index (χ3v) is 6.05. The molecule has 0 aliphatic carbocycles. The second kappa shape index (κ2) is 8.36. The number of carbonyl (C=O) groups is 2. The Morgan fingerprint density at radius 1 is 1.11 bits per heavy atom. The molecule has 2 fully saturated rings. The molecule has 0 aromatic carbocycles. The lowest BCUT2D eigenvalue weighted by molar-refractivity contribution is 0.0193. The molecule has 12 nitrogen and oxygen atoms in total. The summed E-state index contributed by atoms with van der Waals surface area (Å²) in [5.74, 6) is 0.847. The van der Waals surface area contributed by atoms with Gasteiger partial charge in [-0.3, -0.25) is 9.20 Å². The molecule has 2 atom stereocenters. The Kier molecular flexibility index (Phi) is 5.45. The smallest absolute Gasteiger partial charge is 0.410 e. The molecule has 0 spiro atoms. The Hall–Kier alpha value is -3.96. The predicted octanol–water partition coefficient (Wildman–Crippen LogP) is 2.29. The van der Waals surface area contributed by atoms with Crippen LogP contribution in [0.15, 0.2) is 24.8 Å². The lowest BCUT2D eigenvalue weighted by atomic mass is 9.97. The van der Waals surface area contributed by atoms with Gasteiger partial charge in [0.25, 0.3) is 11.8 Å². The number of nitrogens with zero attached hydrogens (tertiary/aromatic N) is 7. The van der Waals surface area contributed by atoms with Crippen LogP contribution in [0.4, 0.5) is 16.4 Å². The van der Waals surface area contributed by atoms with Gasteiger partial charge >= 0.3 is 6.09 Å². The Labute approximate surface area is 202 Å². The van der Waals surface area contributed by atoms with E-state index >= 15 is 0 Å². The summed E-state index contributed by atoms with van der Waals surface area (Å²) in [5.41, 5.74) is 1.01. The van der Waals surface area contributed by atoms with Crippen molar-refractivity contribution in [2.75, 3.05) is 30.4 Å². The van der Waals surface area contributed by atoms with Gasteiger partial charge in [0.15, 0.2) is 5.82 Å². The Bertz CT molecular complexity index is 1280. The molecule has 0 radical (unpaired) electrons. The molecule has 2 aliphatic heterocycles. The van der Waals surface area contributed by atoms with Gasteiger partial charge in [0.05, 0.1) is 43.5 Å². The summed E-state index contributed by atoms with van der Waals surface area (Å²) < 4.78 is 12.6. The number of carbonyl (C=O) groups excluding carboxylic acids is 2. The standard InChI is InChI=1S/C23H28N8O4/c1-13-10-29-12-17(28-21(34-5)19(29)26-13)27-20(32)14-8-25-18(9-24-14)31-11-16-15(31)6-7-30(16)22(33)35-23(2,3)4/h8-10,12,15-16H,6-7,11H2,1-5H3,(H,27,32). The number of aryl methyl sites for hydroxylation is 1. The van der Waals surface area contributed by atoms with Gasteiger partial charge in [-0.25, -0.2) is 19.7 Å². The topological polar surface area (TPSA) is 127 Å². The molecule has 1 N–H and O–H groups in total. The van der Waals surface area contributed by atoms with Crippen molar-refractivity contribution < 1.29 is 19.1 Å². The maximum atomic E-state index is 12.7. The van der Waals surface area contributed by atoms with Crippen molar-refractivity contribution in [1.29, 1.82) is 0 Å².